The molecule has 3 rings (SSSR count). The minimum atomic E-state index is -5.08. The van der Waals surface area contributed by atoms with Gasteiger partial charge in [-0.05, 0) is 49.0 Å². The second-order valence-corrected chi connectivity index (χ2v) is 7.37. The van der Waals surface area contributed by atoms with Crippen LogP contribution in [0.5, 0.6) is 0 Å². The van der Waals surface area contributed by atoms with Crippen molar-refractivity contribution in [3.05, 3.63) is 35.4 Å². The van der Waals surface area contributed by atoms with Crippen molar-refractivity contribution in [1.29, 1.82) is 0 Å². The third-order valence-corrected chi connectivity index (χ3v) is 5.07. The highest BCUT2D eigenvalue weighted by molar-refractivity contribution is 5.77. The van der Waals surface area contributed by atoms with Gasteiger partial charge < -0.3 is 20.6 Å². The lowest BCUT2D eigenvalue weighted by Gasteiger charge is -2.36. The van der Waals surface area contributed by atoms with Gasteiger partial charge >= 0.3 is 18.2 Å². The van der Waals surface area contributed by atoms with Gasteiger partial charge in [0.1, 0.15) is 0 Å². The van der Waals surface area contributed by atoms with Gasteiger partial charge in [-0.25, -0.2) is 9.59 Å². The highest BCUT2D eigenvalue weighted by Gasteiger charge is 2.38. The molecule has 1 aliphatic carbocycles. The van der Waals surface area contributed by atoms with Crippen molar-refractivity contribution in [2.75, 3.05) is 32.9 Å². The summed E-state index contributed by atoms with van der Waals surface area (Å²) in [7, 11) is 3.74. The van der Waals surface area contributed by atoms with Crippen LogP contribution in [0.25, 0.3) is 5.57 Å². The van der Waals surface area contributed by atoms with E-state index in [2.05, 4.69) is 18.2 Å². The Balaban J connectivity index is 0.000000370. The molecule has 1 aromatic rings. The summed E-state index contributed by atoms with van der Waals surface area (Å²) in [6.07, 6.45) is 2.06. The van der Waals surface area contributed by atoms with Crippen molar-refractivity contribution in [3.63, 3.8) is 0 Å². The van der Waals surface area contributed by atoms with Gasteiger partial charge in [-0.1, -0.05) is 12.1 Å². The number of nitrogens with two attached hydrogens (primary N) is 1. The van der Waals surface area contributed by atoms with Crippen LogP contribution in [0.2, 0.25) is 0 Å². The molecule has 1 saturated heterocycles. The Labute approximate surface area is 167 Å². The van der Waals surface area contributed by atoms with Crippen molar-refractivity contribution >= 4 is 23.3 Å². The van der Waals surface area contributed by atoms with Crippen LogP contribution in [0.3, 0.4) is 0 Å². The molecule has 2 amide bonds. The molecule has 1 heterocycles. The average Bonchev–Trinajstić information content (AvgIpc) is 2.66. The van der Waals surface area contributed by atoms with Crippen LogP contribution in [-0.2, 0) is 4.79 Å². The molecule has 1 aromatic carbocycles. The zero-order valence-electron chi connectivity index (χ0n) is 16.5. The number of hydrogen-bond donors (Lipinski definition) is 2. The zero-order valence-corrected chi connectivity index (χ0v) is 16.5. The van der Waals surface area contributed by atoms with Crippen molar-refractivity contribution < 1.29 is 27.9 Å². The van der Waals surface area contributed by atoms with E-state index in [4.69, 9.17) is 15.6 Å². The largest absolute Gasteiger partial charge is 0.490 e. The van der Waals surface area contributed by atoms with Crippen molar-refractivity contribution in [2.45, 2.75) is 37.8 Å². The number of carbonyl (C=O) groups is 2. The predicted octanol–water partition coefficient (Wildman–Crippen LogP) is 3.94. The number of anilines is 1. The van der Waals surface area contributed by atoms with Crippen LogP contribution in [0.15, 0.2) is 24.3 Å². The number of benzene rings is 1. The van der Waals surface area contributed by atoms with E-state index in [0.29, 0.717) is 5.92 Å². The van der Waals surface area contributed by atoms with Gasteiger partial charge in [0.05, 0.1) is 0 Å². The summed E-state index contributed by atoms with van der Waals surface area (Å²) >= 11 is 0. The van der Waals surface area contributed by atoms with E-state index in [-0.39, 0.29) is 6.03 Å². The number of likely N-dealkylation sites (N-methyl/N-ethyl adjacent to an activating group) is 2. The first-order valence-electron chi connectivity index (χ1n) is 9.36. The number of hydrogen-bond acceptors (Lipinski definition) is 3. The normalized spacial score (nSPS) is 18.1. The molecule has 0 spiro atoms. The highest BCUT2D eigenvalue weighted by Crippen LogP contribution is 2.33. The summed E-state index contributed by atoms with van der Waals surface area (Å²) < 4.78 is 31.7. The molecular weight excluding hydrogens is 387 g/mol. The molecule has 29 heavy (non-hydrogen) atoms. The van der Waals surface area contributed by atoms with E-state index in [1.54, 1.807) is 9.80 Å². The van der Waals surface area contributed by atoms with Gasteiger partial charge in [-0.2, -0.15) is 13.2 Å². The summed E-state index contributed by atoms with van der Waals surface area (Å²) in [6, 6.07) is 6.48. The standard InChI is InChI=1S/C18H25N3O.C2HF3O2/c1-20-11-15(12-21(2)18(20)22)14-8-9-17(19)16(10-14)13-6-4-3-5-7-13;3-2(4,5)1(6)7/h6,8-10,15H,3-5,7,11-12,19H2,1-2H3;(H,6,7). The maximum absolute atomic E-state index is 11.9. The van der Waals surface area contributed by atoms with E-state index in [1.165, 1.54) is 29.5 Å². The summed E-state index contributed by atoms with van der Waals surface area (Å²) in [4.78, 5) is 24.4. The number of halogens is 3. The maximum atomic E-state index is 11.9. The molecule has 0 radical (unpaired) electrons. The quantitative estimate of drug-likeness (QED) is 0.719. The third kappa shape index (κ3) is 5.88. The van der Waals surface area contributed by atoms with E-state index >= 15 is 0 Å². The number of rotatable bonds is 2. The molecule has 6 nitrogen and oxygen atoms in total. The smallest absolute Gasteiger partial charge is 0.475 e. The first-order chi connectivity index (χ1) is 13.5. The van der Waals surface area contributed by atoms with Crippen LogP contribution in [-0.4, -0.2) is 60.3 Å². The topological polar surface area (TPSA) is 86.9 Å². The fourth-order valence-corrected chi connectivity index (χ4v) is 3.57. The summed E-state index contributed by atoms with van der Waals surface area (Å²) in [6.45, 7) is 1.54. The summed E-state index contributed by atoms with van der Waals surface area (Å²) in [5, 5.41) is 7.12. The van der Waals surface area contributed by atoms with Gasteiger partial charge in [0, 0.05) is 44.4 Å². The predicted molar refractivity (Wildman–Crippen MR) is 104 cm³/mol. The number of aliphatic carboxylic acids is 1. The fourth-order valence-electron chi connectivity index (χ4n) is 3.57. The second kappa shape index (κ2) is 9.19. The molecule has 2 aliphatic rings. The lowest BCUT2D eigenvalue weighted by atomic mass is 9.88. The Morgan fingerprint density at radius 2 is 1.76 bits per heavy atom. The van der Waals surface area contributed by atoms with E-state index in [0.717, 1.165) is 31.6 Å². The van der Waals surface area contributed by atoms with Crippen LogP contribution in [0.4, 0.5) is 23.7 Å². The van der Waals surface area contributed by atoms with E-state index < -0.39 is 12.1 Å². The third-order valence-electron chi connectivity index (χ3n) is 5.07. The lowest BCUT2D eigenvalue weighted by molar-refractivity contribution is -0.192. The first-order valence-corrected chi connectivity index (χ1v) is 9.36. The van der Waals surface area contributed by atoms with E-state index in [1.807, 2.05) is 20.2 Å². The first kappa shape index (κ1) is 22.6. The Bertz CT molecular complexity index is 779. The SMILES string of the molecule is CN1CC(c2ccc(N)c(C3=CCCCC3)c2)CN(C)C1=O.O=C(O)C(F)(F)F. The van der Waals surface area contributed by atoms with Gasteiger partial charge in [-0.15, -0.1) is 0 Å². The number of carbonyl (C=O) groups excluding carboxylic acids is 1. The van der Waals surface area contributed by atoms with Crippen molar-refractivity contribution in [1.82, 2.24) is 9.80 Å². The lowest BCUT2D eigenvalue weighted by Crippen LogP contribution is -2.48. The van der Waals surface area contributed by atoms with Crippen LogP contribution in [0, 0.1) is 0 Å². The Kier molecular flexibility index (Phi) is 7.16. The number of nitrogen functional groups attached to an aromatic ring is 1. The maximum Gasteiger partial charge on any atom is 0.490 e. The van der Waals surface area contributed by atoms with Gasteiger partial charge in [0.25, 0.3) is 0 Å². The number of nitrogens with zero attached hydrogens (tertiary/aromatic N) is 2. The average molecular weight is 413 g/mol. The van der Waals surface area contributed by atoms with E-state index in [9.17, 15) is 18.0 Å². The Morgan fingerprint density at radius 1 is 1.17 bits per heavy atom. The molecule has 1 fully saturated rings. The minimum Gasteiger partial charge on any atom is -0.475 e. The van der Waals surface area contributed by atoms with Crippen molar-refractivity contribution in [3.8, 4) is 0 Å². The fraction of sp³-hybridized carbons (Fsp3) is 0.500. The molecule has 1 aliphatic heterocycles. The number of allylic oxidation sites excluding steroid dienone is 2. The minimum absolute atomic E-state index is 0.0990. The van der Waals surface area contributed by atoms with Gasteiger partial charge in [0.2, 0.25) is 0 Å². The Hall–Kier alpha value is -2.71. The molecule has 0 saturated carbocycles. The zero-order chi connectivity index (χ0) is 21.8. The second-order valence-electron chi connectivity index (χ2n) is 7.37. The molecule has 9 heteroatoms. The molecule has 0 bridgehead atoms. The van der Waals surface area contributed by atoms with Gasteiger partial charge in [-0.3, -0.25) is 0 Å². The number of urea groups is 1. The highest BCUT2D eigenvalue weighted by atomic mass is 19.4. The van der Waals surface area contributed by atoms with Crippen LogP contribution >= 0.6 is 0 Å². The monoisotopic (exact) mass is 413 g/mol. The van der Waals surface area contributed by atoms with Gasteiger partial charge in [0.15, 0.2) is 0 Å². The van der Waals surface area contributed by atoms with Crippen molar-refractivity contribution in [2.24, 2.45) is 0 Å². The molecule has 160 valence electrons. The molecule has 3 N–H and O–H groups in total. The van der Waals surface area contributed by atoms with Crippen LogP contribution < -0.4 is 5.73 Å². The Morgan fingerprint density at radius 3 is 2.24 bits per heavy atom. The number of carboxylic acids is 1. The molecule has 0 unspecified atom stereocenters. The number of alkyl halides is 3. The summed E-state index contributed by atoms with van der Waals surface area (Å²) in [5.74, 6) is -2.41. The summed E-state index contributed by atoms with van der Waals surface area (Å²) in [5.41, 5.74) is 10.9. The number of carboxylic acid groups (broad SMARTS) is 1. The number of amides is 2. The molecular formula is C20H26F3N3O3. The van der Waals surface area contributed by atoms with Crippen LogP contribution in [0.1, 0.15) is 42.7 Å². The molecule has 0 aromatic heterocycles. The molecule has 0 atom stereocenters.